The van der Waals surface area contributed by atoms with Crippen molar-refractivity contribution >= 4 is 0 Å². The number of rotatable bonds is 4. The molecule has 0 aromatic heterocycles. The highest BCUT2D eigenvalue weighted by atomic mass is 16.5. The molecule has 3 rings (SSSR count). The van der Waals surface area contributed by atoms with Crippen LogP contribution in [-0.2, 0) is 30.7 Å². The molecule has 20 heavy (non-hydrogen) atoms. The Morgan fingerprint density at radius 3 is 2.75 bits per heavy atom. The zero-order valence-corrected chi connectivity index (χ0v) is 11.9. The minimum atomic E-state index is 0.517. The molecule has 1 aliphatic rings. The summed E-state index contributed by atoms with van der Waals surface area (Å²) >= 11 is 0. The maximum absolute atomic E-state index is 5.33. The number of hydrogen-bond acceptors (Lipinski definition) is 2. The highest BCUT2D eigenvalue weighted by Crippen LogP contribution is 2.23. The molecule has 2 aromatic carbocycles. The summed E-state index contributed by atoms with van der Waals surface area (Å²) in [4.78, 5) is 0. The largest absolute Gasteiger partial charge is 0.380 e. The summed E-state index contributed by atoms with van der Waals surface area (Å²) in [5.74, 6) is 0. The van der Waals surface area contributed by atoms with Gasteiger partial charge in [0.2, 0.25) is 0 Å². The first-order chi connectivity index (χ1) is 9.86. The molecule has 0 amide bonds. The summed E-state index contributed by atoms with van der Waals surface area (Å²) in [5, 5.41) is 3.65. The van der Waals surface area contributed by atoms with Crippen LogP contribution in [0.15, 0.2) is 48.5 Å². The molecule has 0 spiro atoms. The average Bonchev–Trinajstić information content (AvgIpc) is 2.49. The van der Waals surface area contributed by atoms with E-state index in [0.29, 0.717) is 12.6 Å². The second-order valence-electron chi connectivity index (χ2n) is 5.46. The van der Waals surface area contributed by atoms with Crippen molar-refractivity contribution in [3.63, 3.8) is 0 Å². The lowest BCUT2D eigenvalue weighted by atomic mass is 9.89. The van der Waals surface area contributed by atoms with E-state index < -0.39 is 0 Å². The van der Waals surface area contributed by atoms with Crippen molar-refractivity contribution in [2.75, 3.05) is 7.11 Å². The standard InChI is InChI=1S/C18H21NO/c1-20-13-16-9-5-8-15-12-19-17(11-18(15)16)10-14-6-3-2-4-7-14/h2-9,17,19H,10-13H2,1H3. The molecule has 2 aromatic rings. The van der Waals surface area contributed by atoms with Crippen LogP contribution in [0.3, 0.4) is 0 Å². The van der Waals surface area contributed by atoms with Crippen molar-refractivity contribution in [1.82, 2.24) is 5.32 Å². The summed E-state index contributed by atoms with van der Waals surface area (Å²) < 4.78 is 5.33. The molecule has 1 N–H and O–H groups in total. The van der Waals surface area contributed by atoms with E-state index >= 15 is 0 Å². The van der Waals surface area contributed by atoms with Gasteiger partial charge < -0.3 is 10.1 Å². The monoisotopic (exact) mass is 267 g/mol. The van der Waals surface area contributed by atoms with Crippen molar-refractivity contribution in [1.29, 1.82) is 0 Å². The zero-order valence-electron chi connectivity index (χ0n) is 11.9. The Bertz CT molecular complexity index is 565. The summed E-state index contributed by atoms with van der Waals surface area (Å²) in [6.45, 7) is 1.67. The Kier molecular flexibility index (Phi) is 4.14. The van der Waals surface area contributed by atoms with Gasteiger partial charge in [0.15, 0.2) is 0 Å². The first-order valence-electron chi connectivity index (χ1n) is 7.22. The highest BCUT2D eigenvalue weighted by Gasteiger charge is 2.20. The van der Waals surface area contributed by atoms with Gasteiger partial charge in [0.1, 0.15) is 0 Å². The molecule has 0 fully saturated rings. The first-order valence-corrected chi connectivity index (χ1v) is 7.22. The van der Waals surface area contributed by atoms with Gasteiger partial charge in [-0.1, -0.05) is 48.5 Å². The first kappa shape index (κ1) is 13.3. The quantitative estimate of drug-likeness (QED) is 0.919. The second-order valence-corrected chi connectivity index (χ2v) is 5.46. The van der Waals surface area contributed by atoms with E-state index in [1.807, 2.05) is 0 Å². The smallest absolute Gasteiger partial charge is 0.0715 e. The Morgan fingerprint density at radius 1 is 1.10 bits per heavy atom. The molecule has 0 aliphatic carbocycles. The van der Waals surface area contributed by atoms with Crippen molar-refractivity contribution in [3.8, 4) is 0 Å². The third-order valence-corrected chi connectivity index (χ3v) is 4.03. The topological polar surface area (TPSA) is 21.3 Å². The number of ether oxygens (including phenoxy) is 1. The molecule has 1 heterocycles. The minimum absolute atomic E-state index is 0.517. The van der Waals surface area contributed by atoms with Crippen molar-refractivity contribution in [2.24, 2.45) is 0 Å². The van der Waals surface area contributed by atoms with Crippen LogP contribution >= 0.6 is 0 Å². The van der Waals surface area contributed by atoms with E-state index in [2.05, 4.69) is 53.8 Å². The Balaban J connectivity index is 1.77. The lowest BCUT2D eigenvalue weighted by molar-refractivity contribution is 0.183. The van der Waals surface area contributed by atoms with Crippen molar-refractivity contribution in [2.45, 2.75) is 32.0 Å². The summed E-state index contributed by atoms with van der Waals surface area (Å²) in [5.41, 5.74) is 5.64. The van der Waals surface area contributed by atoms with Crippen LogP contribution in [0.2, 0.25) is 0 Å². The van der Waals surface area contributed by atoms with Gasteiger partial charge >= 0.3 is 0 Å². The van der Waals surface area contributed by atoms with Crippen molar-refractivity contribution in [3.05, 3.63) is 70.8 Å². The third kappa shape index (κ3) is 2.92. The SMILES string of the molecule is COCc1cccc2c1CC(Cc1ccccc1)NC2. The van der Waals surface area contributed by atoms with E-state index in [0.717, 1.165) is 19.4 Å². The van der Waals surface area contributed by atoms with Crippen LogP contribution < -0.4 is 5.32 Å². The van der Waals surface area contributed by atoms with Gasteiger partial charge in [0, 0.05) is 19.7 Å². The van der Waals surface area contributed by atoms with Gasteiger partial charge in [-0.05, 0) is 35.1 Å². The van der Waals surface area contributed by atoms with Gasteiger partial charge in [-0.3, -0.25) is 0 Å². The van der Waals surface area contributed by atoms with E-state index in [-0.39, 0.29) is 0 Å². The van der Waals surface area contributed by atoms with Crippen molar-refractivity contribution < 1.29 is 4.74 Å². The Hall–Kier alpha value is -1.64. The molecule has 2 heteroatoms. The predicted octanol–water partition coefficient (Wildman–Crippen LogP) is 3.09. The van der Waals surface area contributed by atoms with Crippen LogP contribution in [0.5, 0.6) is 0 Å². The number of fused-ring (bicyclic) bond motifs is 1. The van der Waals surface area contributed by atoms with Crippen LogP contribution in [-0.4, -0.2) is 13.2 Å². The molecule has 1 unspecified atom stereocenters. The van der Waals surface area contributed by atoms with Gasteiger partial charge in [-0.2, -0.15) is 0 Å². The fraction of sp³-hybridized carbons (Fsp3) is 0.333. The molecule has 0 bridgehead atoms. The van der Waals surface area contributed by atoms with Crippen LogP contribution in [0.25, 0.3) is 0 Å². The molecule has 0 radical (unpaired) electrons. The number of methoxy groups -OCH3 is 1. The summed E-state index contributed by atoms with van der Waals surface area (Å²) in [7, 11) is 1.77. The average molecular weight is 267 g/mol. The molecule has 1 aliphatic heterocycles. The van der Waals surface area contributed by atoms with E-state index in [1.54, 1.807) is 7.11 Å². The fourth-order valence-corrected chi connectivity index (χ4v) is 3.02. The molecular formula is C18H21NO. The van der Waals surface area contributed by atoms with Crippen LogP contribution in [0.4, 0.5) is 0 Å². The Labute approximate surface area is 120 Å². The van der Waals surface area contributed by atoms with Gasteiger partial charge in [0.05, 0.1) is 6.61 Å². The van der Waals surface area contributed by atoms with Gasteiger partial charge in [0.25, 0.3) is 0 Å². The lowest BCUT2D eigenvalue weighted by Gasteiger charge is -2.28. The van der Waals surface area contributed by atoms with E-state index in [1.165, 1.54) is 22.3 Å². The van der Waals surface area contributed by atoms with Gasteiger partial charge in [-0.25, -0.2) is 0 Å². The molecule has 0 saturated carbocycles. The number of nitrogens with one attached hydrogen (secondary N) is 1. The summed E-state index contributed by atoms with van der Waals surface area (Å²) in [6, 6.07) is 17.8. The number of benzene rings is 2. The maximum atomic E-state index is 5.33. The van der Waals surface area contributed by atoms with E-state index in [4.69, 9.17) is 4.74 Å². The Morgan fingerprint density at radius 2 is 1.95 bits per heavy atom. The summed E-state index contributed by atoms with van der Waals surface area (Å²) in [6.07, 6.45) is 2.17. The molecule has 104 valence electrons. The maximum Gasteiger partial charge on any atom is 0.0715 e. The van der Waals surface area contributed by atoms with Crippen LogP contribution in [0.1, 0.15) is 22.3 Å². The normalized spacial score (nSPS) is 17.8. The van der Waals surface area contributed by atoms with Crippen LogP contribution in [0, 0.1) is 0 Å². The zero-order chi connectivity index (χ0) is 13.8. The number of hydrogen-bond donors (Lipinski definition) is 1. The fourth-order valence-electron chi connectivity index (χ4n) is 3.02. The van der Waals surface area contributed by atoms with Gasteiger partial charge in [-0.15, -0.1) is 0 Å². The minimum Gasteiger partial charge on any atom is -0.380 e. The molecule has 0 saturated heterocycles. The second kappa shape index (κ2) is 6.21. The highest BCUT2D eigenvalue weighted by molar-refractivity contribution is 5.37. The molecular weight excluding hydrogens is 246 g/mol. The molecule has 1 atom stereocenters. The molecule has 2 nitrogen and oxygen atoms in total. The predicted molar refractivity (Wildman–Crippen MR) is 81.6 cm³/mol. The third-order valence-electron chi connectivity index (χ3n) is 4.03. The lowest BCUT2D eigenvalue weighted by Crippen LogP contribution is -2.37. The van der Waals surface area contributed by atoms with E-state index in [9.17, 15) is 0 Å².